The molecule has 2 aromatic heterocycles. The number of hydrogen-bond acceptors (Lipinski definition) is 7. The topological polar surface area (TPSA) is 119 Å². The molecule has 1 aliphatic rings. The number of nitrogens with one attached hydrogen (secondary N) is 1. The molecule has 1 fully saturated rings. The number of fused-ring (bicyclic) bond motifs is 1. The van der Waals surface area contributed by atoms with E-state index >= 15 is 0 Å². The van der Waals surface area contributed by atoms with Gasteiger partial charge in [-0.05, 0) is 49.2 Å². The first-order chi connectivity index (χ1) is 15.5. The van der Waals surface area contributed by atoms with Crippen molar-refractivity contribution in [1.82, 2.24) is 14.5 Å². The molecule has 5 rings (SSSR count). The summed E-state index contributed by atoms with van der Waals surface area (Å²) in [4.78, 5) is 12.7. The number of furan rings is 1. The first-order valence-corrected chi connectivity index (χ1v) is 11.7. The van der Waals surface area contributed by atoms with E-state index in [4.69, 9.17) is 8.83 Å². The number of amides is 1. The summed E-state index contributed by atoms with van der Waals surface area (Å²) >= 11 is 0. The Hall–Kier alpha value is -3.50. The van der Waals surface area contributed by atoms with E-state index in [1.54, 1.807) is 6.07 Å². The maximum atomic E-state index is 12.7. The van der Waals surface area contributed by atoms with Gasteiger partial charge in [0.05, 0.1) is 4.90 Å². The maximum Gasteiger partial charge on any atom is 0.322 e. The van der Waals surface area contributed by atoms with Gasteiger partial charge in [-0.15, -0.1) is 5.10 Å². The van der Waals surface area contributed by atoms with E-state index in [9.17, 15) is 13.2 Å². The molecule has 0 bridgehead atoms. The van der Waals surface area contributed by atoms with E-state index in [0.717, 1.165) is 24.6 Å². The van der Waals surface area contributed by atoms with Crippen LogP contribution in [-0.4, -0.2) is 41.9 Å². The van der Waals surface area contributed by atoms with Gasteiger partial charge in [0.15, 0.2) is 5.76 Å². The zero-order valence-electron chi connectivity index (χ0n) is 17.0. The van der Waals surface area contributed by atoms with Crippen molar-refractivity contribution in [1.29, 1.82) is 0 Å². The van der Waals surface area contributed by atoms with Crippen molar-refractivity contribution in [3.8, 4) is 11.7 Å². The average Bonchev–Trinajstić information content (AvgIpc) is 3.46. The van der Waals surface area contributed by atoms with Crippen LogP contribution in [0, 0.1) is 0 Å². The number of hydrogen-bond donors (Lipinski definition) is 1. The van der Waals surface area contributed by atoms with Gasteiger partial charge in [0.1, 0.15) is 5.58 Å². The van der Waals surface area contributed by atoms with Crippen molar-refractivity contribution < 1.29 is 22.0 Å². The fourth-order valence-electron chi connectivity index (χ4n) is 3.66. The van der Waals surface area contributed by atoms with E-state index in [1.807, 2.05) is 24.3 Å². The number of piperidine rings is 1. The van der Waals surface area contributed by atoms with Gasteiger partial charge in [0.2, 0.25) is 10.0 Å². The van der Waals surface area contributed by atoms with E-state index in [-0.39, 0.29) is 22.4 Å². The normalized spacial score (nSPS) is 15.1. The standard InChI is InChI=1S/C22H20N4O5S/c27-20(15-8-10-17(11-9-15)32(28,29)26-12-4-1-5-13-26)23-22-25-24-21(31-22)19-14-16-6-2-3-7-18(16)30-19/h2-3,6-11,14H,1,4-5,12-13H2,(H,23,25,27). The fraction of sp³-hybridized carbons (Fsp3) is 0.227. The molecule has 0 unspecified atom stereocenters. The van der Waals surface area contributed by atoms with Gasteiger partial charge in [0, 0.05) is 24.0 Å². The fourth-order valence-corrected chi connectivity index (χ4v) is 5.18. The second-order valence-corrected chi connectivity index (χ2v) is 9.44. The van der Waals surface area contributed by atoms with Gasteiger partial charge in [-0.3, -0.25) is 10.1 Å². The molecule has 0 spiro atoms. The van der Waals surface area contributed by atoms with Gasteiger partial charge < -0.3 is 8.83 Å². The lowest BCUT2D eigenvalue weighted by molar-refractivity contribution is 0.102. The van der Waals surface area contributed by atoms with Crippen LogP contribution in [0.5, 0.6) is 0 Å². The number of aromatic nitrogens is 2. The highest BCUT2D eigenvalue weighted by Gasteiger charge is 2.26. The zero-order valence-corrected chi connectivity index (χ0v) is 17.8. The molecular formula is C22H20N4O5S. The third kappa shape index (κ3) is 3.90. The zero-order chi connectivity index (χ0) is 22.1. The van der Waals surface area contributed by atoms with Gasteiger partial charge in [-0.1, -0.05) is 29.7 Å². The van der Waals surface area contributed by atoms with Gasteiger partial charge in [-0.25, -0.2) is 8.42 Å². The summed E-state index contributed by atoms with van der Waals surface area (Å²) in [5, 5.41) is 11.2. The first kappa shape index (κ1) is 20.4. The maximum absolute atomic E-state index is 12.7. The lowest BCUT2D eigenvalue weighted by Crippen LogP contribution is -2.35. The van der Waals surface area contributed by atoms with Crippen molar-refractivity contribution in [2.75, 3.05) is 18.4 Å². The third-order valence-electron chi connectivity index (χ3n) is 5.35. The minimum Gasteiger partial charge on any atom is -0.451 e. The Morgan fingerprint density at radius 1 is 0.938 bits per heavy atom. The summed E-state index contributed by atoms with van der Waals surface area (Å²) in [5.41, 5.74) is 0.956. The van der Waals surface area contributed by atoms with Crippen LogP contribution in [-0.2, 0) is 10.0 Å². The summed E-state index contributed by atoms with van der Waals surface area (Å²) in [5.74, 6) is 0.0395. The van der Waals surface area contributed by atoms with E-state index < -0.39 is 15.9 Å². The number of para-hydroxylation sites is 1. The molecule has 2 aromatic carbocycles. The van der Waals surface area contributed by atoms with Crippen LogP contribution >= 0.6 is 0 Å². The molecule has 9 nitrogen and oxygen atoms in total. The summed E-state index contributed by atoms with van der Waals surface area (Å²) in [6, 6.07) is 15.0. The second-order valence-electron chi connectivity index (χ2n) is 7.50. The molecule has 32 heavy (non-hydrogen) atoms. The smallest absolute Gasteiger partial charge is 0.322 e. The lowest BCUT2D eigenvalue weighted by atomic mass is 10.2. The van der Waals surface area contributed by atoms with E-state index in [2.05, 4.69) is 15.5 Å². The van der Waals surface area contributed by atoms with Crippen LogP contribution < -0.4 is 5.32 Å². The third-order valence-corrected chi connectivity index (χ3v) is 7.26. The molecule has 0 saturated carbocycles. The Morgan fingerprint density at radius 2 is 1.69 bits per heavy atom. The van der Waals surface area contributed by atoms with Crippen LogP contribution in [0.25, 0.3) is 22.6 Å². The van der Waals surface area contributed by atoms with Crippen molar-refractivity contribution >= 4 is 32.9 Å². The van der Waals surface area contributed by atoms with Crippen LogP contribution in [0.1, 0.15) is 29.6 Å². The molecule has 0 aliphatic carbocycles. The van der Waals surface area contributed by atoms with Crippen molar-refractivity contribution in [2.24, 2.45) is 0 Å². The number of carbonyl (C=O) groups is 1. The van der Waals surface area contributed by atoms with Gasteiger partial charge >= 0.3 is 6.01 Å². The number of rotatable bonds is 5. The summed E-state index contributed by atoms with van der Waals surface area (Å²) in [7, 11) is -3.55. The predicted octanol–water partition coefficient (Wildman–Crippen LogP) is 3.91. The molecule has 1 saturated heterocycles. The van der Waals surface area contributed by atoms with Crippen molar-refractivity contribution in [2.45, 2.75) is 24.2 Å². The number of anilines is 1. The van der Waals surface area contributed by atoms with Crippen molar-refractivity contribution in [3.05, 3.63) is 60.2 Å². The Bertz CT molecular complexity index is 1340. The van der Waals surface area contributed by atoms with Crippen LogP contribution in [0.3, 0.4) is 0 Å². The molecule has 1 N–H and O–H groups in total. The summed E-state index contributed by atoms with van der Waals surface area (Å²) < 4.78 is 38.2. The van der Waals surface area contributed by atoms with E-state index in [0.29, 0.717) is 24.4 Å². The average molecular weight is 452 g/mol. The second kappa shape index (κ2) is 8.21. The van der Waals surface area contributed by atoms with Crippen LogP contribution in [0.2, 0.25) is 0 Å². The minimum absolute atomic E-state index is 0.0875. The number of sulfonamides is 1. The highest BCUT2D eigenvalue weighted by molar-refractivity contribution is 7.89. The lowest BCUT2D eigenvalue weighted by Gasteiger charge is -2.25. The van der Waals surface area contributed by atoms with Gasteiger partial charge in [0.25, 0.3) is 11.8 Å². The molecule has 0 atom stereocenters. The largest absolute Gasteiger partial charge is 0.451 e. The van der Waals surface area contributed by atoms with Crippen LogP contribution in [0.15, 0.2) is 68.3 Å². The molecule has 10 heteroatoms. The highest BCUT2D eigenvalue weighted by atomic mass is 32.2. The Kier molecular flexibility index (Phi) is 5.24. The highest BCUT2D eigenvalue weighted by Crippen LogP contribution is 2.28. The minimum atomic E-state index is -3.55. The van der Waals surface area contributed by atoms with E-state index in [1.165, 1.54) is 28.6 Å². The first-order valence-electron chi connectivity index (χ1n) is 10.2. The molecule has 1 amide bonds. The van der Waals surface area contributed by atoms with Crippen molar-refractivity contribution in [3.63, 3.8) is 0 Å². The molecule has 1 aliphatic heterocycles. The number of benzene rings is 2. The molecular weight excluding hydrogens is 432 g/mol. The Balaban J connectivity index is 1.29. The van der Waals surface area contributed by atoms with Crippen LogP contribution in [0.4, 0.5) is 6.01 Å². The SMILES string of the molecule is O=C(Nc1nnc(-c2cc3ccccc3o2)o1)c1ccc(S(=O)(=O)N2CCCCC2)cc1. The number of carbonyl (C=O) groups excluding carboxylic acids is 1. The Morgan fingerprint density at radius 3 is 2.44 bits per heavy atom. The predicted molar refractivity (Wildman–Crippen MR) is 117 cm³/mol. The summed E-state index contributed by atoms with van der Waals surface area (Å²) in [6.45, 7) is 1.05. The molecule has 4 aromatic rings. The van der Waals surface area contributed by atoms with Gasteiger partial charge in [-0.2, -0.15) is 4.31 Å². The summed E-state index contributed by atoms with van der Waals surface area (Å²) in [6.07, 6.45) is 2.76. The number of nitrogens with zero attached hydrogens (tertiary/aromatic N) is 3. The molecule has 164 valence electrons. The molecule has 0 radical (unpaired) electrons. The monoisotopic (exact) mass is 452 g/mol. The quantitative estimate of drug-likeness (QED) is 0.488. The Labute approximate surface area is 184 Å². The molecule has 3 heterocycles.